The molecule has 2 nitrogen and oxygen atoms in total. The Kier molecular flexibility index (Phi) is 1.32. The Bertz CT molecular complexity index is 167. The summed E-state index contributed by atoms with van der Waals surface area (Å²) in [6.45, 7) is 0.319. The van der Waals surface area contributed by atoms with Gasteiger partial charge in [0.1, 0.15) is 0 Å². The van der Waals surface area contributed by atoms with Gasteiger partial charge in [0.2, 0.25) is 0 Å². The van der Waals surface area contributed by atoms with Gasteiger partial charge in [-0.3, -0.25) is 0 Å². The van der Waals surface area contributed by atoms with Crippen LogP contribution in [0.2, 0.25) is 0 Å². The fourth-order valence-electron chi connectivity index (χ4n) is 2.30. The molecule has 1 fully saturated rings. The van der Waals surface area contributed by atoms with Crippen molar-refractivity contribution in [2.45, 2.75) is 12.5 Å². The standard InChI is InChI=1S/C8H13NO/c9-8-6-2-1-5(3-6)7(8)4-10/h1-2,5-8,10H,3-4,9H2/p+1/t5-,6+,7+,8-/m0/s1. The van der Waals surface area contributed by atoms with Gasteiger partial charge in [-0.25, -0.2) is 0 Å². The molecule has 0 radical (unpaired) electrons. The van der Waals surface area contributed by atoms with Crippen molar-refractivity contribution in [2.75, 3.05) is 6.61 Å². The number of aliphatic hydroxyl groups is 1. The van der Waals surface area contributed by atoms with Crippen LogP contribution >= 0.6 is 0 Å². The number of aliphatic hydroxyl groups excluding tert-OH is 1. The summed E-state index contributed by atoms with van der Waals surface area (Å²) in [6.07, 6.45) is 5.74. The Balaban J connectivity index is 2.18. The summed E-state index contributed by atoms with van der Waals surface area (Å²) in [7, 11) is 0. The Morgan fingerprint density at radius 3 is 2.50 bits per heavy atom. The molecule has 56 valence electrons. The van der Waals surface area contributed by atoms with E-state index in [1.165, 1.54) is 6.42 Å². The van der Waals surface area contributed by atoms with Crippen LogP contribution in [0.25, 0.3) is 0 Å². The molecular formula is C8H14NO+. The number of hydrogen-bond acceptors (Lipinski definition) is 1. The maximum atomic E-state index is 8.98. The quantitative estimate of drug-likeness (QED) is 0.470. The topological polar surface area (TPSA) is 47.9 Å². The van der Waals surface area contributed by atoms with Gasteiger partial charge >= 0.3 is 0 Å². The average Bonchev–Trinajstić information content (AvgIpc) is 2.46. The number of rotatable bonds is 1. The second-order valence-corrected chi connectivity index (χ2v) is 3.46. The van der Waals surface area contributed by atoms with Crippen molar-refractivity contribution in [3.8, 4) is 0 Å². The number of allylic oxidation sites excluding steroid dienone is 1. The lowest BCUT2D eigenvalue weighted by atomic mass is 9.90. The molecule has 10 heavy (non-hydrogen) atoms. The van der Waals surface area contributed by atoms with Crippen molar-refractivity contribution in [2.24, 2.45) is 17.8 Å². The van der Waals surface area contributed by atoms with E-state index in [2.05, 4.69) is 17.9 Å². The zero-order valence-electron chi connectivity index (χ0n) is 6.03. The van der Waals surface area contributed by atoms with Crippen LogP contribution in [-0.4, -0.2) is 17.8 Å². The van der Waals surface area contributed by atoms with Crippen LogP contribution in [0, 0.1) is 17.8 Å². The Hall–Kier alpha value is -0.340. The molecule has 4 N–H and O–H groups in total. The lowest BCUT2D eigenvalue weighted by Crippen LogP contribution is -2.66. The highest BCUT2D eigenvalue weighted by molar-refractivity contribution is 5.13. The van der Waals surface area contributed by atoms with E-state index >= 15 is 0 Å². The highest BCUT2D eigenvalue weighted by atomic mass is 16.3. The molecule has 2 aliphatic carbocycles. The summed E-state index contributed by atoms with van der Waals surface area (Å²) in [5.74, 6) is 1.76. The van der Waals surface area contributed by atoms with Gasteiger partial charge in [-0.05, 0) is 12.3 Å². The normalized spacial score (nSPS) is 50.6. The lowest BCUT2D eigenvalue weighted by molar-refractivity contribution is -0.438. The third kappa shape index (κ3) is 0.662. The molecule has 2 rings (SSSR count). The van der Waals surface area contributed by atoms with Crippen LogP contribution in [0.1, 0.15) is 6.42 Å². The SMILES string of the molecule is [NH3+][C@@H]1[C@H](CO)[C@H]2C=C[C@@H]1C2. The molecule has 2 heteroatoms. The minimum Gasteiger partial charge on any atom is -0.396 e. The van der Waals surface area contributed by atoms with Gasteiger partial charge in [0, 0.05) is 11.8 Å². The van der Waals surface area contributed by atoms with Crippen molar-refractivity contribution in [1.29, 1.82) is 0 Å². The monoisotopic (exact) mass is 140 g/mol. The van der Waals surface area contributed by atoms with Gasteiger partial charge in [-0.15, -0.1) is 0 Å². The van der Waals surface area contributed by atoms with E-state index in [9.17, 15) is 0 Å². The molecule has 0 aromatic rings. The highest BCUT2D eigenvalue weighted by Crippen LogP contribution is 2.41. The summed E-state index contributed by atoms with van der Waals surface area (Å²) in [5.41, 5.74) is 4.06. The van der Waals surface area contributed by atoms with Crippen LogP contribution in [0.15, 0.2) is 12.2 Å². The maximum absolute atomic E-state index is 8.98. The van der Waals surface area contributed by atoms with E-state index in [4.69, 9.17) is 5.11 Å². The smallest absolute Gasteiger partial charge is 0.0963 e. The predicted octanol–water partition coefficient (Wildman–Crippen LogP) is -0.589. The molecule has 0 unspecified atom stereocenters. The predicted molar refractivity (Wildman–Crippen MR) is 38.0 cm³/mol. The number of quaternary nitrogens is 1. The molecular weight excluding hydrogens is 126 g/mol. The van der Waals surface area contributed by atoms with E-state index < -0.39 is 0 Å². The average molecular weight is 140 g/mol. The third-order valence-corrected chi connectivity index (χ3v) is 3.01. The van der Waals surface area contributed by atoms with Gasteiger partial charge in [0.05, 0.1) is 12.6 Å². The summed E-state index contributed by atoms with van der Waals surface area (Å²) < 4.78 is 0. The zero-order valence-corrected chi connectivity index (χ0v) is 6.03. The molecule has 0 amide bonds. The summed E-state index contributed by atoms with van der Waals surface area (Å²) >= 11 is 0. The first kappa shape index (κ1) is 6.38. The molecule has 0 aromatic heterocycles. The van der Waals surface area contributed by atoms with Crippen molar-refractivity contribution in [3.05, 3.63) is 12.2 Å². The van der Waals surface area contributed by atoms with Gasteiger partial charge < -0.3 is 10.8 Å². The summed E-state index contributed by atoms with van der Waals surface area (Å²) in [6, 6.07) is 0.472. The van der Waals surface area contributed by atoms with Crippen LogP contribution in [0.3, 0.4) is 0 Å². The van der Waals surface area contributed by atoms with Crippen LogP contribution < -0.4 is 5.73 Å². The van der Waals surface area contributed by atoms with Crippen molar-refractivity contribution in [1.82, 2.24) is 0 Å². The second kappa shape index (κ2) is 2.07. The fourth-order valence-corrected chi connectivity index (χ4v) is 2.30. The molecule has 4 atom stereocenters. The molecule has 2 bridgehead atoms. The van der Waals surface area contributed by atoms with Crippen molar-refractivity contribution >= 4 is 0 Å². The number of fused-ring (bicyclic) bond motifs is 2. The van der Waals surface area contributed by atoms with Crippen LogP contribution in [0.4, 0.5) is 0 Å². The molecule has 2 aliphatic rings. The number of hydrogen-bond donors (Lipinski definition) is 2. The lowest BCUT2D eigenvalue weighted by Gasteiger charge is -2.18. The first-order valence-corrected chi connectivity index (χ1v) is 3.95. The first-order chi connectivity index (χ1) is 4.83. The second-order valence-electron chi connectivity index (χ2n) is 3.46. The maximum Gasteiger partial charge on any atom is 0.0963 e. The minimum absolute atomic E-state index is 0.319. The van der Waals surface area contributed by atoms with E-state index in [1.807, 2.05) is 0 Å². The molecule has 0 spiro atoms. The highest BCUT2D eigenvalue weighted by Gasteiger charge is 2.44. The Labute approximate surface area is 60.7 Å². The van der Waals surface area contributed by atoms with Crippen LogP contribution in [0.5, 0.6) is 0 Å². The molecule has 0 aliphatic heterocycles. The summed E-state index contributed by atoms with van der Waals surface area (Å²) in [5, 5.41) is 8.98. The van der Waals surface area contributed by atoms with E-state index in [1.54, 1.807) is 0 Å². The van der Waals surface area contributed by atoms with Crippen LogP contribution in [-0.2, 0) is 0 Å². The summed E-state index contributed by atoms with van der Waals surface area (Å²) in [4.78, 5) is 0. The molecule has 1 saturated carbocycles. The molecule has 0 heterocycles. The van der Waals surface area contributed by atoms with E-state index in [0.29, 0.717) is 30.4 Å². The van der Waals surface area contributed by atoms with Crippen molar-refractivity contribution < 1.29 is 10.8 Å². The first-order valence-electron chi connectivity index (χ1n) is 3.95. The third-order valence-electron chi connectivity index (χ3n) is 3.01. The zero-order chi connectivity index (χ0) is 7.14. The molecule has 0 saturated heterocycles. The van der Waals surface area contributed by atoms with Crippen molar-refractivity contribution in [3.63, 3.8) is 0 Å². The van der Waals surface area contributed by atoms with E-state index in [-0.39, 0.29) is 0 Å². The Morgan fingerprint density at radius 2 is 2.10 bits per heavy atom. The fraction of sp³-hybridized carbons (Fsp3) is 0.750. The van der Waals surface area contributed by atoms with Gasteiger partial charge in [0.25, 0.3) is 0 Å². The minimum atomic E-state index is 0.319. The largest absolute Gasteiger partial charge is 0.396 e. The van der Waals surface area contributed by atoms with Gasteiger partial charge in [-0.2, -0.15) is 0 Å². The molecule has 0 aromatic carbocycles. The van der Waals surface area contributed by atoms with Gasteiger partial charge in [0.15, 0.2) is 0 Å². The Morgan fingerprint density at radius 1 is 1.40 bits per heavy atom. The van der Waals surface area contributed by atoms with Gasteiger partial charge in [-0.1, -0.05) is 12.2 Å². The van der Waals surface area contributed by atoms with E-state index in [0.717, 1.165) is 0 Å².